The van der Waals surface area contributed by atoms with Crippen LogP contribution in [0.15, 0.2) is 57.8 Å². The summed E-state index contributed by atoms with van der Waals surface area (Å²) in [6, 6.07) is 14.9. The Kier molecular flexibility index (Phi) is 6.07. The summed E-state index contributed by atoms with van der Waals surface area (Å²) in [7, 11) is -3.64. The first-order valence-electron chi connectivity index (χ1n) is 11.5. The van der Waals surface area contributed by atoms with Crippen LogP contribution in [0.3, 0.4) is 0 Å². The van der Waals surface area contributed by atoms with E-state index >= 15 is 0 Å². The van der Waals surface area contributed by atoms with E-state index in [0.29, 0.717) is 50.7 Å². The van der Waals surface area contributed by atoms with E-state index in [4.69, 9.17) is 4.42 Å². The molecule has 1 N–H and O–H groups in total. The lowest BCUT2D eigenvalue weighted by Crippen LogP contribution is -2.39. The van der Waals surface area contributed by atoms with E-state index in [0.717, 1.165) is 30.4 Å². The number of nitrogens with zero attached hydrogens (tertiary/aromatic N) is 3. The fraction of sp³-hybridized carbons (Fsp3) is 0.417. The number of aromatic nitrogens is 1. The molecule has 0 radical (unpaired) electrons. The Hall–Kier alpha value is -2.91. The number of sulfonamides is 1. The summed E-state index contributed by atoms with van der Waals surface area (Å²) in [5.74, 6) is -0.343. The Balaban J connectivity index is 1.25. The van der Waals surface area contributed by atoms with Crippen molar-refractivity contribution in [1.82, 2.24) is 9.29 Å². The number of benzene rings is 2. The lowest BCUT2D eigenvalue weighted by Gasteiger charge is -2.30. The van der Waals surface area contributed by atoms with Crippen molar-refractivity contribution in [3.05, 3.63) is 48.5 Å². The highest BCUT2D eigenvalue weighted by molar-refractivity contribution is 7.89. The Morgan fingerprint density at radius 3 is 2.39 bits per heavy atom. The summed E-state index contributed by atoms with van der Waals surface area (Å²) >= 11 is 0. The van der Waals surface area contributed by atoms with Crippen LogP contribution in [0.2, 0.25) is 0 Å². The van der Waals surface area contributed by atoms with Crippen molar-refractivity contribution in [3.8, 4) is 0 Å². The zero-order valence-corrected chi connectivity index (χ0v) is 19.3. The summed E-state index contributed by atoms with van der Waals surface area (Å²) in [5, 5.41) is 2.90. The first-order valence-corrected chi connectivity index (χ1v) is 13.0. The molecular weight excluding hydrogens is 440 g/mol. The second kappa shape index (κ2) is 9.15. The number of oxazole rings is 1. The summed E-state index contributed by atoms with van der Waals surface area (Å²) in [5.41, 5.74) is 1.92. The predicted molar refractivity (Wildman–Crippen MR) is 127 cm³/mol. The topological polar surface area (TPSA) is 95.8 Å². The molecule has 2 aliphatic rings. The number of anilines is 2. The Labute approximate surface area is 193 Å². The molecule has 0 spiro atoms. The standard InChI is InChI=1S/C24H28N4O4S/c29-23(18-12-16-27(17-13-18)24-26-19-8-2-4-10-21(19)32-24)25-20-9-3-5-11-22(20)33(30,31)28-14-6-1-7-15-28/h2-5,8-11,18H,1,6-7,12-17H2,(H,25,29). The Morgan fingerprint density at radius 1 is 0.939 bits per heavy atom. The third-order valence-electron chi connectivity index (χ3n) is 6.50. The quantitative estimate of drug-likeness (QED) is 0.611. The maximum atomic E-state index is 13.2. The lowest BCUT2D eigenvalue weighted by molar-refractivity contribution is -0.120. The van der Waals surface area contributed by atoms with Gasteiger partial charge in [-0.15, -0.1) is 0 Å². The third kappa shape index (κ3) is 4.47. The van der Waals surface area contributed by atoms with Crippen LogP contribution in [0.4, 0.5) is 11.7 Å². The number of para-hydroxylation sites is 3. The van der Waals surface area contributed by atoms with Crippen LogP contribution in [0.5, 0.6) is 0 Å². The van der Waals surface area contributed by atoms with Gasteiger partial charge in [0.25, 0.3) is 6.01 Å². The largest absolute Gasteiger partial charge is 0.423 e. The lowest BCUT2D eigenvalue weighted by atomic mass is 9.96. The highest BCUT2D eigenvalue weighted by Gasteiger charge is 2.31. The van der Waals surface area contributed by atoms with E-state index in [-0.39, 0.29) is 16.7 Å². The van der Waals surface area contributed by atoms with Crippen molar-refractivity contribution < 1.29 is 17.6 Å². The molecule has 2 aliphatic heterocycles. The molecule has 2 saturated heterocycles. The number of rotatable bonds is 5. The van der Waals surface area contributed by atoms with Crippen LogP contribution in [-0.4, -0.2) is 49.8 Å². The molecule has 0 aliphatic carbocycles. The van der Waals surface area contributed by atoms with Crippen LogP contribution in [0.25, 0.3) is 11.1 Å². The first-order chi connectivity index (χ1) is 16.0. The molecule has 2 fully saturated rings. The van der Waals surface area contributed by atoms with E-state index in [1.165, 1.54) is 4.31 Å². The molecule has 5 rings (SSSR count). The van der Waals surface area contributed by atoms with Crippen LogP contribution >= 0.6 is 0 Å². The van der Waals surface area contributed by atoms with Gasteiger partial charge >= 0.3 is 0 Å². The summed E-state index contributed by atoms with van der Waals surface area (Å²) in [6.07, 6.45) is 4.07. The molecule has 3 heterocycles. The predicted octanol–water partition coefficient (Wildman–Crippen LogP) is 3.86. The minimum Gasteiger partial charge on any atom is -0.423 e. The number of nitrogens with one attached hydrogen (secondary N) is 1. The van der Waals surface area contributed by atoms with Gasteiger partial charge in [-0.3, -0.25) is 4.79 Å². The van der Waals surface area contributed by atoms with Crippen molar-refractivity contribution in [2.24, 2.45) is 5.92 Å². The normalized spacial score (nSPS) is 18.5. The van der Waals surface area contributed by atoms with Gasteiger partial charge in [-0.2, -0.15) is 9.29 Å². The molecule has 2 aromatic carbocycles. The number of fused-ring (bicyclic) bond motifs is 1. The van der Waals surface area contributed by atoms with Gasteiger partial charge in [-0.25, -0.2) is 8.42 Å². The maximum absolute atomic E-state index is 13.2. The zero-order chi connectivity index (χ0) is 22.8. The molecule has 8 nitrogen and oxygen atoms in total. The number of hydrogen-bond donors (Lipinski definition) is 1. The number of carbonyl (C=O) groups excluding carboxylic acids is 1. The SMILES string of the molecule is O=C(Nc1ccccc1S(=O)(=O)N1CCCCC1)C1CCN(c2nc3ccccc3o2)CC1. The van der Waals surface area contributed by atoms with Crippen LogP contribution in [0, 0.1) is 5.92 Å². The highest BCUT2D eigenvalue weighted by Crippen LogP contribution is 2.30. The van der Waals surface area contributed by atoms with Gasteiger partial charge in [0.05, 0.1) is 5.69 Å². The van der Waals surface area contributed by atoms with E-state index in [9.17, 15) is 13.2 Å². The van der Waals surface area contributed by atoms with Crippen LogP contribution in [0.1, 0.15) is 32.1 Å². The van der Waals surface area contributed by atoms with Crippen molar-refractivity contribution in [1.29, 1.82) is 0 Å². The minimum absolute atomic E-state index is 0.145. The second-order valence-corrected chi connectivity index (χ2v) is 10.6. The van der Waals surface area contributed by atoms with Gasteiger partial charge in [0.1, 0.15) is 10.4 Å². The smallest absolute Gasteiger partial charge is 0.298 e. The van der Waals surface area contributed by atoms with Gasteiger partial charge in [0.15, 0.2) is 5.58 Å². The van der Waals surface area contributed by atoms with E-state index < -0.39 is 10.0 Å². The van der Waals surface area contributed by atoms with Crippen molar-refractivity contribution >= 4 is 38.7 Å². The molecule has 0 atom stereocenters. The molecular formula is C24H28N4O4S. The zero-order valence-electron chi connectivity index (χ0n) is 18.4. The van der Waals surface area contributed by atoms with Crippen LogP contribution < -0.4 is 10.2 Å². The molecule has 0 unspecified atom stereocenters. The van der Waals surface area contributed by atoms with E-state index in [1.54, 1.807) is 24.3 Å². The average molecular weight is 469 g/mol. The summed E-state index contributed by atoms with van der Waals surface area (Å²) < 4.78 is 33.8. The number of piperidine rings is 2. The maximum Gasteiger partial charge on any atom is 0.298 e. The van der Waals surface area contributed by atoms with Gasteiger partial charge < -0.3 is 14.6 Å². The third-order valence-corrected chi connectivity index (χ3v) is 8.45. The van der Waals surface area contributed by atoms with Crippen molar-refractivity contribution in [2.45, 2.75) is 37.0 Å². The molecule has 33 heavy (non-hydrogen) atoms. The van der Waals surface area contributed by atoms with Crippen LogP contribution in [-0.2, 0) is 14.8 Å². The number of hydrogen-bond acceptors (Lipinski definition) is 6. The van der Waals surface area contributed by atoms with Gasteiger partial charge in [0, 0.05) is 32.1 Å². The Morgan fingerprint density at radius 2 is 1.64 bits per heavy atom. The first kappa shape index (κ1) is 21.9. The molecule has 174 valence electrons. The Bertz CT molecular complexity index is 1210. The van der Waals surface area contributed by atoms with Crippen molar-refractivity contribution in [3.63, 3.8) is 0 Å². The monoisotopic (exact) mass is 468 g/mol. The number of amides is 1. The average Bonchev–Trinajstić information content (AvgIpc) is 3.29. The summed E-state index contributed by atoms with van der Waals surface area (Å²) in [6.45, 7) is 2.36. The molecule has 1 aromatic heterocycles. The molecule has 3 aromatic rings. The fourth-order valence-electron chi connectivity index (χ4n) is 4.60. The molecule has 0 saturated carbocycles. The van der Waals surface area contributed by atoms with Crippen molar-refractivity contribution in [2.75, 3.05) is 36.4 Å². The molecule has 0 bridgehead atoms. The number of carbonyl (C=O) groups is 1. The van der Waals surface area contributed by atoms with E-state index in [1.807, 2.05) is 24.3 Å². The fourth-order valence-corrected chi connectivity index (χ4v) is 6.27. The highest BCUT2D eigenvalue weighted by atomic mass is 32.2. The van der Waals surface area contributed by atoms with E-state index in [2.05, 4.69) is 15.2 Å². The van der Waals surface area contributed by atoms with Gasteiger partial charge in [-0.1, -0.05) is 30.7 Å². The molecule has 1 amide bonds. The van der Waals surface area contributed by atoms with Gasteiger partial charge in [-0.05, 0) is 49.9 Å². The van der Waals surface area contributed by atoms with Gasteiger partial charge in [0.2, 0.25) is 15.9 Å². The molecule has 9 heteroatoms. The second-order valence-electron chi connectivity index (χ2n) is 8.68. The summed E-state index contributed by atoms with van der Waals surface area (Å²) in [4.78, 5) is 19.8. The minimum atomic E-state index is -3.64.